The van der Waals surface area contributed by atoms with Crippen molar-refractivity contribution in [3.05, 3.63) is 42.0 Å². The van der Waals surface area contributed by atoms with E-state index in [0.29, 0.717) is 6.42 Å². The first-order valence-corrected chi connectivity index (χ1v) is 6.66. The maximum Gasteiger partial charge on any atom is 0.320 e. The summed E-state index contributed by atoms with van der Waals surface area (Å²) in [6, 6.07) is 6.46. The Morgan fingerprint density at radius 3 is 2.30 bits per heavy atom. The number of hydrogen-bond donors (Lipinski definition) is 2. The van der Waals surface area contributed by atoms with Crippen molar-refractivity contribution in [3.63, 3.8) is 0 Å². The molecule has 3 N–H and O–H groups in total. The van der Waals surface area contributed by atoms with Crippen molar-refractivity contribution in [1.82, 2.24) is 0 Å². The molecule has 2 unspecified atom stereocenters. The van der Waals surface area contributed by atoms with Gasteiger partial charge in [-0.2, -0.15) is 0 Å². The molecular formula is C16H21NO3. The van der Waals surface area contributed by atoms with Gasteiger partial charge in [-0.1, -0.05) is 44.7 Å². The minimum absolute atomic E-state index is 0.159. The number of ketones is 1. The fourth-order valence-corrected chi connectivity index (χ4v) is 1.95. The Balaban J connectivity index is 2.78. The first kappa shape index (κ1) is 16.1. The predicted octanol–water partition coefficient (Wildman–Crippen LogP) is 2.27. The van der Waals surface area contributed by atoms with Crippen LogP contribution in [-0.4, -0.2) is 22.9 Å². The third-order valence-electron chi connectivity index (χ3n) is 3.45. The average Bonchev–Trinajstić information content (AvgIpc) is 2.45. The Morgan fingerprint density at radius 2 is 1.85 bits per heavy atom. The first-order chi connectivity index (χ1) is 9.36. The van der Waals surface area contributed by atoms with E-state index in [9.17, 15) is 9.59 Å². The highest BCUT2D eigenvalue weighted by molar-refractivity contribution is 5.92. The van der Waals surface area contributed by atoms with Crippen molar-refractivity contribution < 1.29 is 14.7 Å². The Bertz CT molecular complexity index is 505. The zero-order chi connectivity index (χ0) is 15.3. The zero-order valence-electron chi connectivity index (χ0n) is 11.9. The summed E-state index contributed by atoms with van der Waals surface area (Å²) in [7, 11) is 0. The summed E-state index contributed by atoms with van der Waals surface area (Å²) in [4.78, 5) is 22.4. The molecule has 0 aliphatic heterocycles. The van der Waals surface area contributed by atoms with Gasteiger partial charge in [0.15, 0.2) is 0 Å². The Morgan fingerprint density at radius 1 is 1.30 bits per heavy atom. The summed E-state index contributed by atoms with van der Waals surface area (Å²) in [5.74, 6) is -1.06. The van der Waals surface area contributed by atoms with E-state index >= 15 is 0 Å². The van der Waals surface area contributed by atoms with Crippen molar-refractivity contribution in [2.24, 2.45) is 11.7 Å². The third-order valence-corrected chi connectivity index (χ3v) is 3.45. The van der Waals surface area contributed by atoms with Crippen LogP contribution in [0.5, 0.6) is 0 Å². The second-order valence-corrected chi connectivity index (χ2v) is 4.91. The maximum atomic E-state index is 11.7. The number of Topliss-reactive ketones (excluding diaryl/α,β-unsaturated/α-hetero) is 1. The van der Waals surface area contributed by atoms with Gasteiger partial charge >= 0.3 is 5.97 Å². The van der Waals surface area contributed by atoms with E-state index < -0.39 is 12.0 Å². The molecule has 0 aliphatic carbocycles. The summed E-state index contributed by atoms with van der Waals surface area (Å²) in [5, 5.41) is 8.77. The predicted molar refractivity (Wildman–Crippen MR) is 79.3 cm³/mol. The number of carbonyl (C=O) groups excluding carboxylic acids is 1. The van der Waals surface area contributed by atoms with Crippen molar-refractivity contribution in [3.8, 4) is 0 Å². The molecule has 0 aromatic heterocycles. The molecule has 0 radical (unpaired) electrons. The van der Waals surface area contributed by atoms with Crippen LogP contribution < -0.4 is 5.73 Å². The lowest BCUT2D eigenvalue weighted by atomic mass is 9.90. The van der Waals surface area contributed by atoms with E-state index in [1.807, 2.05) is 38.1 Å². The number of carboxylic acids is 1. The van der Waals surface area contributed by atoms with Crippen molar-refractivity contribution in [1.29, 1.82) is 0 Å². The molecule has 108 valence electrons. The summed E-state index contributed by atoms with van der Waals surface area (Å²) in [6.45, 7) is 7.66. The monoisotopic (exact) mass is 275 g/mol. The van der Waals surface area contributed by atoms with Gasteiger partial charge in [0.25, 0.3) is 0 Å². The largest absolute Gasteiger partial charge is 0.480 e. The van der Waals surface area contributed by atoms with Crippen molar-refractivity contribution >= 4 is 17.3 Å². The van der Waals surface area contributed by atoms with Crippen LogP contribution in [0.15, 0.2) is 30.8 Å². The smallest absolute Gasteiger partial charge is 0.320 e. The van der Waals surface area contributed by atoms with Gasteiger partial charge in [0.1, 0.15) is 11.8 Å². The fourth-order valence-electron chi connectivity index (χ4n) is 1.95. The molecule has 0 amide bonds. The maximum absolute atomic E-state index is 11.7. The lowest BCUT2D eigenvalue weighted by Gasteiger charge is -2.14. The molecule has 1 aromatic carbocycles. The third kappa shape index (κ3) is 4.03. The van der Waals surface area contributed by atoms with Crippen LogP contribution in [0.3, 0.4) is 0 Å². The molecule has 0 bridgehead atoms. The normalized spacial score (nSPS) is 13.6. The second kappa shape index (κ2) is 7.01. The van der Waals surface area contributed by atoms with Crippen LogP contribution in [-0.2, 0) is 16.0 Å². The number of nitrogens with two attached hydrogens (primary N) is 1. The highest BCUT2D eigenvalue weighted by Gasteiger charge is 2.16. The highest BCUT2D eigenvalue weighted by atomic mass is 16.4. The van der Waals surface area contributed by atoms with Crippen LogP contribution in [0.25, 0.3) is 5.57 Å². The lowest BCUT2D eigenvalue weighted by molar-refractivity contribution is -0.138. The van der Waals surface area contributed by atoms with E-state index in [1.165, 1.54) is 0 Å². The molecule has 0 saturated carbocycles. The average molecular weight is 275 g/mol. The first-order valence-electron chi connectivity index (χ1n) is 6.66. The Hall–Kier alpha value is -1.94. The van der Waals surface area contributed by atoms with Gasteiger partial charge in [0.05, 0.1) is 0 Å². The Kier molecular flexibility index (Phi) is 5.65. The minimum atomic E-state index is -1.01. The van der Waals surface area contributed by atoms with Gasteiger partial charge in [-0.05, 0) is 23.1 Å². The number of carboxylic acid groups (broad SMARTS) is 1. The zero-order valence-corrected chi connectivity index (χ0v) is 11.9. The van der Waals surface area contributed by atoms with E-state index in [-0.39, 0.29) is 18.1 Å². The molecule has 1 rings (SSSR count). The molecule has 0 spiro atoms. The lowest BCUT2D eigenvalue weighted by Crippen LogP contribution is -2.32. The van der Waals surface area contributed by atoms with Crippen LogP contribution in [0, 0.1) is 5.92 Å². The molecule has 0 aliphatic rings. The summed E-state index contributed by atoms with van der Waals surface area (Å²) < 4.78 is 0. The van der Waals surface area contributed by atoms with Crippen molar-refractivity contribution in [2.75, 3.05) is 0 Å². The van der Waals surface area contributed by atoms with Crippen molar-refractivity contribution in [2.45, 2.75) is 32.7 Å². The summed E-state index contributed by atoms with van der Waals surface area (Å²) in [5.41, 5.74) is 8.02. The molecule has 4 heteroatoms. The molecule has 1 aromatic rings. The number of hydrogen-bond acceptors (Lipinski definition) is 3. The van der Waals surface area contributed by atoms with Crippen LogP contribution in [0.4, 0.5) is 0 Å². The molecule has 20 heavy (non-hydrogen) atoms. The van der Waals surface area contributed by atoms with E-state index in [0.717, 1.165) is 16.7 Å². The van der Waals surface area contributed by atoms with Gasteiger partial charge < -0.3 is 10.8 Å². The van der Waals surface area contributed by atoms with Gasteiger partial charge in [-0.15, -0.1) is 0 Å². The van der Waals surface area contributed by atoms with E-state index in [2.05, 4.69) is 6.58 Å². The molecule has 0 fully saturated rings. The molecule has 4 nitrogen and oxygen atoms in total. The fraction of sp³-hybridized carbons (Fsp3) is 0.375. The van der Waals surface area contributed by atoms with E-state index in [1.54, 1.807) is 0 Å². The summed E-state index contributed by atoms with van der Waals surface area (Å²) >= 11 is 0. The standard InChI is InChI=1S/C16H21NO3/c1-4-15(18)11(3)10(2)13-7-5-12(6-8-13)9-14(17)16(19)20/h5-8,11,14H,2,4,9,17H2,1,3H3,(H,19,20). The Labute approximate surface area is 119 Å². The van der Waals surface area contributed by atoms with Crippen LogP contribution in [0.1, 0.15) is 31.4 Å². The number of aliphatic carboxylic acids is 1. The molecule has 0 heterocycles. The summed E-state index contributed by atoms with van der Waals surface area (Å²) in [6.07, 6.45) is 0.775. The van der Waals surface area contributed by atoms with Gasteiger partial charge in [-0.25, -0.2) is 0 Å². The SMILES string of the molecule is C=C(c1ccc(CC(N)C(=O)O)cc1)C(C)C(=O)CC. The molecule has 0 saturated heterocycles. The van der Waals surface area contributed by atoms with E-state index in [4.69, 9.17) is 10.8 Å². The number of allylic oxidation sites excluding steroid dienone is 1. The topological polar surface area (TPSA) is 80.4 Å². The second-order valence-electron chi connectivity index (χ2n) is 4.91. The van der Waals surface area contributed by atoms with Gasteiger partial charge in [0.2, 0.25) is 0 Å². The molecule has 2 atom stereocenters. The number of benzene rings is 1. The molecular weight excluding hydrogens is 254 g/mol. The number of rotatable bonds is 7. The minimum Gasteiger partial charge on any atom is -0.480 e. The number of carbonyl (C=O) groups is 2. The quantitative estimate of drug-likeness (QED) is 0.800. The van der Waals surface area contributed by atoms with Crippen LogP contribution in [0.2, 0.25) is 0 Å². The highest BCUT2D eigenvalue weighted by Crippen LogP contribution is 2.23. The van der Waals surface area contributed by atoms with Gasteiger partial charge in [-0.3, -0.25) is 9.59 Å². The van der Waals surface area contributed by atoms with Gasteiger partial charge in [0, 0.05) is 12.3 Å². The van der Waals surface area contributed by atoms with Crippen LogP contribution >= 0.6 is 0 Å².